The van der Waals surface area contributed by atoms with E-state index >= 15 is 0 Å². The first-order chi connectivity index (χ1) is 10.3. The zero-order chi connectivity index (χ0) is 16.7. The van der Waals surface area contributed by atoms with Crippen molar-refractivity contribution in [2.45, 2.75) is 5.25 Å². The number of Topliss-reactive ketones (excluding diaryl/α,β-unsaturated/α-hetero) is 1. The Morgan fingerprint density at radius 3 is 2.09 bits per heavy atom. The van der Waals surface area contributed by atoms with E-state index in [0.717, 1.165) is 4.32 Å². The Kier molecular flexibility index (Phi) is 8.38. The lowest BCUT2D eigenvalue weighted by atomic mass is 10.1. The van der Waals surface area contributed by atoms with Crippen molar-refractivity contribution in [3.63, 3.8) is 0 Å². The molecule has 0 saturated heterocycles. The van der Waals surface area contributed by atoms with E-state index in [4.69, 9.17) is 24.4 Å². The summed E-state index contributed by atoms with van der Waals surface area (Å²) in [7, 11) is 7.58. The molecule has 0 bridgehead atoms. The number of nitrogens with zero attached hydrogens (tertiary/aromatic N) is 2. The molecule has 0 amide bonds. The Morgan fingerprint density at radius 2 is 1.59 bits per heavy atom. The fourth-order valence-corrected chi connectivity index (χ4v) is 3.88. The predicted octanol–water partition coefficient (Wildman–Crippen LogP) is 3.40. The normalized spacial score (nSPS) is 11.6. The predicted molar refractivity (Wildman–Crippen MR) is 107 cm³/mol. The molecule has 0 heterocycles. The van der Waals surface area contributed by atoms with Gasteiger partial charge in [-0.05, 0) is 0 Å². The second-order valence-corrected chi connectivity index (χ2v) is 8.46. The summed E-state index contributed by atoms with van der Waals surface area (Å²) >= 11 is 13.6. The van der Waals surface area contributed by atoms with Gasteiger partial charge in [0.15, 0.2) is 5.78 Å². The van der Waals surface area contributed by atoms with E-state index < -0.39 is 0 Å². The third kappa shape index (κ3) is 6.24. The van der Waals surface area contributed by atoms with Crippen LogP contribution in [-0.4, -0.2) is 63.4 Å². The van der Waals surface area contributed by atoms with Crippen molar-refractivity contribution in [2.24, 2.45) is 0 Å². The SMILES string of the molecule is CN(C)C(=S)SCC(SC(=S)N(C)C)C(=O)c1ccccc1. The molecule has 0 fully saturated rings. The average Bonchev–Trinajstić information content (AvgIpc) is 2.50. The summed E-state index contributed by atoms with van der Waals surface area (Å²) in [4.78, 5) is 16.4. The van der Waals surface area contributed by atoms with Crippen LogP contribution in [0, 0.1) is 0 Å². The Labute approximate surface area is 151 Å². The van der Waals surface area contributed by atoms with Gasteiger partial charge in [-0.25, -0.2) is 0 Å². The zero-order valence-electron chi connectivity index (χ0n) is 13.1. The van der Waals surface area contributed by atoms with Crippen LogP contribution < -0.4 is 0 Å². The maximum Gasteiger partial charge on any atom is 0.177 e. The van der Waals surface area contributed by atoms with E-state index in [-0.39, 0.29) is 11.0 Å². The van der Waals surface area contributed by atoms with Gasteiger partial charge in [-0.2, -0.15) is 0 Å². The molecule has 1 rings (SSSR count). The molecule has 0 aliphatic heterocycles. The van der Waals surface area contributed by atoms with E-state index in [1.54, 1.807) is 0 Å². The molecule has 1 aromatic carbocycles. The van der Waals surface area contributed by atoms with Crippen LogP contribution in [0.4, 0.5) is 0 Å². The molecule has 0 aliphatic carbocycles. The molecule has 1 unspecified atom stereocenters. The highest BCUT2D eigenvalue weighted by Gasteiger charge is 2.24. The van der Waals surface area contributed by atoms with Gasteiger partial charge < -0.3 is 9.80 Å². The Bertz CT molecular complexity index is 532. The van der Waals surface area contributed by atoms with Crippen molar-refractivity contribution in [2.75, 3.05) is 33.9 Å². The maximum atomic E-state index is 12.7. The van der Waals surface area contributed by atoms with E-state index in [0.29, 0.717) is 15.6 Å². The first kappa shape index (κ1) is 19.4. The van der Waals surface area contributed by atoms with Crippen molar-refractivity contribution in [1.82, 2.24) is 9.80 Å². The third-order valence-electron chi connectivity index (χ3n) is 2.68. The van der Waals surface area contributed by atoms with Crippen LogP contribution in [0.15, 0.2) is 30.3 Å². The van der Waals surface area contributed by atoms with E-state index in [1.165, 1.54) is 23.5 Å². The van der Waals surface area contributed by atoms with Crippen LogP contribution in [0.1, 0.15) is 10.4 Å². The molecule has 1 atom stereocenters. The van der Waals surface area contributed by atoms with Gasteiger partial charge in [0.05, 0.1) is 5.25 Å². The monoisotopic (exact) mass is 372 g/mol. The number of carbonyl (C=O) groups excluding carboxylic acids is 1. The molecule has 0 saturated carbocycles. The van der Waals surface area contributed by atoms with Crippen LogP contribution in [0.2, 0.25) is 0 Å². The van der Waals surface area contributed by atoms with Gasteiger partial charge in [-0.1, -0.05) is 78.3 Å². The molecule has 0 aromatic heterocycles. The van der Waals surface area contributed by atoms with E-state index in [1.807, 2.05) is 68.3 Å². The summed E-state index contributed by atoms with van der Waals surface area (Å²) in [6.45, 7) is 0. The topological polar surface area (TPSA) is 23.6 Å². The van der Waals surface area contributed by atoms with Crippen LogP contribution in [0.3, 0.4) is 0 Å². The van der Waals surface area contributed by atoms with Gasteiger partial charge in [-0.3, -0.25) is 4.79 Å². The Hall–Kier alpha value is -0.630. The molecule has 1 aromatic rings. The van der Waals surface area contributed by atoms with Gasteiger partial charge in [-0.15, -0.1) is 0 Å². The van der Waals surface area contributed by atoms with E-state index in [9.17, 15) is 4.79 Å². The number of hydrogen-bond acceptors (Lipinski definition) is 5. The van der Waals surface area contributed by atoms with E-state index in [2.05, 4.69) is 0 Å². The lowest BCUT2D eigenvalue weighted by molar-refractivity contribution is 0.0995. The van der Waals surface area contributed by atoms with Crippen molar-refractivity contribution < 1.29 is 4.79 Å². The fourth-order valence-electron chi connectivity index (χ4n) is 1.45. The van der Waals surface area contributed by atoms with Crippen molar-refractivity contribution in [3.05, 3.63) is 35.9 Å². The lowest BCUT2D eigenvalue weighted by Crippen LogP contribution is -2.28. The molecule has 0 N–H and O–H groups in total. The summed E-state index contributed by atoms with van der Waals surface area (Å²) in [5.41, 5.74) is 0.706. The average molecular weight is 373 g/mol. The smallest absolute Gasteiger partial charge is 0.177 e. The summed E-state index contributed by atoms with van der Waals surface area (Å²) in [5, 5.41) is -0.250. The molecule has 0 spiro atoms. The van der Waals surface area contributed by atoms with Gasteiger partial charge in [0.1, 0.15) is 8.64 Å². The van der Waals surface area contributed by atoms with Gasteiger partial charge >= 0.3 is 0 Å². The van der Waals surface area contributed by atoms with Gasteiger partial charge in [0.25, 0.3) is 0 Å². The van der Waals surface area contributed by atoms with Crippen molar-refractivity contribution in [3.8, 4) is 0 Å². The van der Waals surface area contributed by atoms with Gasteiger partial charge in [0, 0.05) is 39.5 Å². The molecule has 0 aliphatic rings. The van der Waals surface area contributed by atoms with Crippen LogP contribution in [0.25, 0.3) is 0 Å². The quantitative estimate of drug-likeness (QED) is 0.577. The molecular formula is C15H20N2OS4. The fraction of sp³-hybridized carbons (Fsp3) is 0.400. The number of ketones is 1. The van der Waals surface area contributed by atoms with Crippen molar-refractivity contribution >= 4 is 62.4 Å². The minimum absolute atomic E-state index is 0.0869. The molecular weight excluding hydrogens is 352 g/mol. The number of hydrogen-bond donors (Lipinski definition) is 0. The first-order valence-electron chi connectivity index (χ1n) is 6.64. The second kappa shape index (κ2) is 9.50. The largest absolute Gasteiger partial charge is 0.364 e. The molecule has 0 radical (unpaired) electrons. The lowest BCUT2D eigenvalue weighted by Gasteiger charge is -2.21. The number of thioether (sulfide) groups is 2. The maximum absolute atomic E-state index is 12.7. The highest BCUT2D eigenvalue weighted by atomic mass is 32.2. The summed E-state index contributed by atoms with van der Waals surface area (Å²) in [6, 6.07) is 9.32. The number of thiocarbonyl (C=S) groups is 2. The summed E-state index contributed by atoms with van der Waals surface area (Å²) in [6.07, 6.45) is 0. The highest BCUT2D eigenvalue weighted by Crippen LogP contribution is 2.24. The van der Waals surface area contributed by atoms with Crippen molar-refractivity contribution in [1.29, 1.82) is 0 Å². The summed E-state index contributed by atoms with van der Waals surface area (Å²) in [5.74, 6) is 0.687. The Morgan fingerprint density at radius 1 is 1.05 bits per heavy atom. The first-order valence-corrected chi connectivity index (χ1v) is 9.32. The molecule has 120 valence electrons. The molecule has 7 heteroatoms. The van der Waals surface area contributed by atoms with Crippen LogP contribution in [-0.2, 0) is 0 Å². The minimum Gasteiger partial charge on any atom is -0.364 e. The third-order valence-corrected chi connectivity index (χ3v) is 6.61. The second-order valence-electron chi connectivity index (χ2n) is 4.97. The minimum atomic E-state index is -0.250. The Balaban J connectivity index is 2.84. The molecule has 3 nitrogen and oxygen atoms in total. The standard InChI is InChI=1S/C15H20N2OS4/c1-16(2)14(19)21-10-12(22-15(20)17(3)4)13(18)11-8-6-5-7-9-11/h5-9,12H,10H2,1-4H3. The van der Waals surface area contributed by atoms with Crippen LogP contribution >= 0.6 is 48.0 Å². The summed E-state index contributed by atoms with van der Waals surface area (Å²) < 4.78 is 1.47. The number of benzene rings is 1. The van der Waals surface area contributed by atoms with Crippen LogP contribution in [0.5, 0.6) is 0 Å². The van der Waals surface area contributed by atoms with Gasteiger partial charge in [0.2, 0.25) is 0 Å². The highest BCUT2D eigenvalue weighted by molar-refractivity contribution is 8.26. The zero-order valence-corrected chi connectivity index (χ0v) is 16.4. The number of carbonyl (C=O) groups is 1. The number of rotatable bonds is 5. The molecule has 22 heavy (non-hydrogen) atoms.